The van der Waals surface area contributed by atoms with Gasteiger partial charge in [0.05, 0.1) is 0 Å². The first-order valence-corrected chi connectivity index (χ1v) is 5.65. The second kappa shape index (κ2) is 8.62. The van der Waals surface area contributed by atoms with Crippen molar-refractivity contribution in [3.05, 3.63) is 11.6 Å². The number of aliphatic hydroxyl groups is 1. The maximum Gasteiger partial charge on any atom is 0.320 e. The molecule has 0 aromatic rings. The van der Waals surface area contributed by atoms with Crippen LogP contribution in [-0.4, -0.2) is 51.6 Å². The normalized spacial score (nSPS) is 13.2. The van der Waals surface area contributed by atoms with Gasteiger partial charge in [0.1, 0.15) is 6.04 Å². The number of amides is 1. The molecule has 7 nitrogen and oxygen atoms in total. The number of carboxylic acids is 1. The summed E-state index contributed by atoms with van der Waals surface area (Å²) in [4.78, 5) is 21.8. The molecular weight excluding hydrogens is 240 g/mol. The third kappa shape index (κ3) is 7.00. The third-order valence-electron chi connectivity index (χ3n) is 2.33. The molecule has 0 heterocycles. The Bertz CT molecular complexity index is 317. The Labute approximate surface area is 105 Å². The summed E-state index contributed by atoms with van der Waals surface area (Å²) in [6.07, 6.45) is 2.07. The summed E-state index contributed by atoms with van der Waals surface area (Å²) in [6, 6.07) is -0.986. The van der Waals surface area contributed by atoms with Crippen LogP contribution >= 0.6 is 0 Å². The molecule has 0 saturated carbocycles. The van der Waals surface area contributed by atoms with Gasteiger partial charge in [-0.3, -0.25) is 14.8 Å². The summed E-state index contributed by atoms with van der Waals surface area (Å²) in [5.41, 5.74) is 5.93. The predicted molar refractivity (Wildman–Crippen MR) is 63.8 cm³/mol. The molecule has 0 fully saturated rings. The van der Waals surface area contributed by atoms with Gasteiger partial charge in [0.2, 0.25) is 0 Å². The van der Waals surface area contributed by atoms with Crippen LogP contribution in [0.25, 0.3) is 0 Å². The molecule has 0 rings (SSSR count). The molecule has 0 aromatic heterocycles. The second-order valence-corrected chi connectivity index (χ2v) is 4.01. The molecule has 0 spiro atoms. The molecule has 0 aromatic carbocycles. The fourth-order valence-electron chi connectivity index (χ4n) is 1.23. The Morgan fingerprint density at radius 2 is 2.06 bits per heavy atom. The van der Waals surface area contributed by atoms with E-state index in [0.29, 0.717) is 23.5 Å². The monoisotopic (exact) mass is 260 g/mol. The van der Waals surface area contributed by atoms with Crippen LogP contribution in [0.5, 0.6) is 0 Å². The van der Waals surface area contributed by atoms with Crippen LogP contribution in [0.15, 0.2) is 11.6 Å². The Kier molecular flexibility index (Phi) is 7.93. The van der Waals surface area contributed by atoms with E-state index in [2.05, 4.69) is 0 Å². The lowest BCUT2D eigenvalue weighted by Crippen LogP contribution is -2.32. The molecule has 0 radical (unpaired) electrons. The van der Waals surface area contributed by atoms with Crippen molar-refractivity contribution < 1.29 is 25.0 Å². The van der Waals surface area contributed by atoms with E-state index < -0.39 is 17.9 Å². The molecule has 5 N–H and O–H groups in total. The van der Waals surface area contributed by atoms with E-state index in [-0.39, 0.29) is 19.6 Å². The molecule has 1 amide bonds. The fourth-order valence-corrected chi connectivity index (χ4v) is 1.23. The highest BCUT2D eigenvalue weighted by Gasteiger charge is 2.13. The zero-order valence-corrected chi connectivity index (χ0v) is 10.4. The molecule has 1 atom stereocenters. The van der Waals surface area contributed by atoms with Gasteiger partial charge in [-0.05, 0) is 26.2 Å². The lowest BCUT2D eigenvalue weighted by Gasteiger charge is -2.14. The van der Waals surface area contributed by atoms with Crippen molar-refractivity contribution in [1.29, 1.82) is 0 Å². The smallest absolute Gasteiger partial charge is 0.320 e. The maximum atomic E-state index is 11.4. The minimum atomic E-state index is -1.11. The Hall–Kier alpha value is -1.44. The van der Waals surface area contributed by atoms with Gasteiger partial charge in [0.25, 0.3) is 5.91 Å². The molecule has 0 bridgehead atoms. The van der Waals surface area contributed by atoms with Gasteiger partial charge in [-0.15, -0.1) is 0 Å². The Balaban J connectivity index is 4.02. The van der Waals surface area contributed by atoms with Crippen LogP contribution in [0.1, 0.15) is 26.2 Å². The molecule has 0 aliphatic rings. The minimum absolute atomic E-state index is 0.0166. The van der Waals surface area contributed by atoms with Gasteiger partial charge in [0.15, 0.2) is 0 Å². The summed E-state index contributed by atoms with van der Waals surface area (Å²) >= 11 is 0. The van der Waals surface area contributed by atoms with E-state index in [1.165, 1.54) is 6.08 Å². The van der Waals surface area contributed by atoms with Crippen LogP contribution in [0, 0.1) is 0 Å². The molecule has 18 heavy (non-hydrogen) atoms. The van der Waals surface area contributed by atoms with Crippen molar-refractivity contribution in [2.24, 2.45) is 5.73 Å². The van der Waals surface area contributed by atoms with Crippen molar-refractivity contribution >= 4 is 11.9 Å². The van der Waals surface area contributed by atoms with Gasteiger partial charge < -0.3 is 15.9 Å². The highest BCUT2D eigenvalue weighted by molar-refractivity contribution is 5.87. The topological polar surface area (TPSA) is 124 Å². The molecular formula is C11H20N2O5. The molecule has 7 heteroatoms. The van der Waals surface area contributed by atoms with Gasteiger partial charge in [-0.1, -0.05) is 5.57 Å². The van der Waals surface area contributed by atoms with E-state index >= 15 is 0 Å². The largest absolute Gasteiger partial charge is 0.480 e. The number of carbonyl (C=O) groups excluding carboxylic acids is 1. The molecule has 104 valence electrons. The number of nitrogens with two attached hydrogens (primary N) is 1. The van der Waals surface area contributed by atoms with Crippen molar-refractivity contribution in [2.45, 2.75) is 32.2 Å². The number of hydrogen-bond acceptors (Lipinski definition) is 5. The van der Waals surface area contributed by atoms with E-state index in [1.54, 1.807) is 6.92 Å². The average molecular weight is 260 g/mol. The van der Waals surface area contributed by atoms with E-state index in [0.717, 1.165) is 0 Å². The number of nitrogens with zero attached hydrogens (tertiary/aromatic N) is 1. The first-order chi connectivity index (χ1) is 8.38. The predicted octanol–water partition coefficient (Wildman–Crippen LogP) is -0.275. The number of hydrogen-bond donors (Lipinski definition) is 4. The first kappa shape index (κ1) is 16.6. The fraction of sp³-hybridized carbons (Fsp3) is 0.636. The molecule has 0 unspecified atom stereocenters. The Morgan fingerprint density at radius 3 is 2.56 bits per heavy atom. The number of carboxylic acid groups (broad SMARTS) is 1. The number of rotatable bonds is 8. The van der Waals surface area contributed by atoms with Crippen LogP contribution in [0.2, 0.25) is 0 Å². The highest BCUT2D eigenvalue weighted by atomic mass is 16.5. The van der Waals surface area contributed by atoms with E-state index in [9.17, 15) is 14.8 Å². The maximum absolute atomic E-state index is 11.4. The zero-order chi connectivity index (χ0) is 14.1. The molecule has 0 aliphatic heterocycles. The average Bonchev–Trinajstić information content (AvgIpc) is 2.28. The van der Waals surface area contributed by atoms with Crippen LogP contribution in [-0.2, 0) is 9.59 Å². The second-order valence-electron chi connectivity index (χ2n) is 4.01. The van der Waals surface area contributed by atoms with Crippen molar-refractivity contribution in [2.75, 3.05) is 13.2 Å². The van der Waals surface area contributed by atoms with Crippen LogP contribution in [0.3, 0.4) is 0 Å². The Morgan fingerprint density at radius 1 is 1.44 bits per heavy atom. The summed E-state index contributed by atoms with van der Waals surface area (Å²) in [5.74, 6) is -1.70. The van der Waals surface area contributed by atoms with Crippen LogP contribution < -0.4 is 5.73 Å². The number of aliphatic hydroxyl groups excluding tert-OH is 1. The lowest BCUT2D eigenvalue weighted by atomic mass is 10.1. The van der Waals surface area contributed by atoms with E-state index in [4.69, 9.17) is 15.9 Å². The third-order valence-corrected chi connectivity index (χ3v) is 2.33. The van der Waals surface area contributed by atoms with Gasteiger partial charge in [0, 0.05) is 19.2 Å². The number of hydroxylamine groups is 2. The van der Waals surface area contributed by atoms with Gasteiger partial charge in [-0.2, -0.15) is 0 Å². The standard InChI is InChI=1S/C11H20N2O5/c1-8(4-6-14)7-10(15)13(18)5-2-3-9(12)11(16)17/h7,9,14,18H,2-6,12H2,1H3,(H,16,17)/b8-7+/t9-/m0/s1. The quantitative estimate of drug-likeness (QED) is 0.270. The van der Waals surface area contributed by atoms with Crippen molar-refractivity contribution in [1.82, 2.24) is 5.06 Å². The summed E-state index contributed by atoms with van der Waals surface area (Å²) in [6.45, 7) is 1.62. The van der Waals surface area contributed by atoms with E-state index in [1.807, 2.05) is 0 Å². The summed E-state index contributed by atoms with van der Waals surface area (Å²) in [7, 11) is 0. The lowest BCUT2D eigenvalue weighted by molar-refractivity contribution is -0.159. The van der Waals surface area contributed by atoms with Gasteiger partial charge >= 0.3 is 5.97 Å². The SMILES string of the molecule is C/C(=C\C(=O)N(O)CCC[C@H](N)C(=O)O)CCO. The van der Waals surface area contributed by atoms with Crippen molar-refractivity contribution in [3.8, 4) is 0 Å². The van der Waals surface area contributed by atoms with Crippen LogP contribution in [0.4, 0.5) is 0 Å². The minimum Gasteiger partial charge on any atom is -0.480 e. The molecule has 0 aliphatic carbocycles. The summed E-state index contributed by atoms with van der Waals surface area (Å²) in [5, 5.41) is 27.1. The summed E-state index contributed by atoms with van der Waals surface area (Å²) < 4.78 is 0. The highest BCUT2D eigenvalue weighted by Crippen LogP contribution is 2.02. The zero-order valence-electron chi connectivity index (χ0n) is 10.4. The number of carbonyl (C=O) groups is 2. The number of aliphatic carboxylic acids is 1. The first-order valence-electron chi connectivity index (χ1n) is 5.65. The van der Waals surface area contributed by atoms with Crippen molar-refractivity contribution in [3.63, 3.8) is 0 Å². The van der Waals surface area contributed by atoms with Gasteiger partial charge in [-0.25, -0.2) is 5.06 Å². The molecule has 0 saturated heterocycles.